The van der Waals surface area contributed by atoms with Crippen LogP contribution in [-0.2, 0) is 16.0 Å². The number of thioether (sulfide) groups is 1. The highest BCUT2D eigenvalue weighted by atomic mass is 79.9. The van der Waals surface area contributed by atoms with Crippen LogP contribution in [0.2, 0.25) is 0 Å². The number of ether oxygens (including phenoxy) is 2. The van der Waals surface area contributed by atoms with Crippen molar-refractivity contribution >= 4 is 56.5 Å². The number of hydrogen-bond donors (Lipinski definition) is 2. The summed E-state index contributed by atoms with van der Waals surface area (Å²) in [6.07, 6.45) is 2.66. The molecule has 1 aliphatic rings. The normalized spacial score (nSPS) is 16.0. The van der Waals surface area contributed by atoms with Crippen LogP contribution in [0.3, 0.4) is 0 Å². The molecule has 1 heterocycles. The Morgan fingerprint density at radius 3 is 2.63 bits per heavy atom. The maximum absolute atomic E-state index is 12.4. The summed E-state index contributed by atoms with van der Waals surface area (Å²) in [5.74, 6) is -0.689. The Labute approximate surface area is 186 Å². The highest BCUT2D eigenvalue weighted by Crippen LogP contribution is 2.36. The van der Waals surface area contributed by atoms with Gasteiger partial charge in [0.2, 0.25) is 0 Å². The maximum Gasteiger partial charge on any atom is 0.341 e. The zero-order chi connectivity index (χ0) is 21.7. The number of nitrogens with zero attached hydrogens (tertiary/aromatic N) is 1. The molecule has 1 aliphatic heterocycles. The second-order valence-electron chi connectivity index (χ2n) is 6.21. The summed E-state index contributed by atoms with van der Waals surface area (Å²) < 4.78 is 11.2. The Kier molecular flexibility index (Phi) is 7.17. The lowest BCUT2D eigenvalue weighted by Crippen LogP contribution is -2.19. The number of methoxy groups -OCH3 is 1. The summed E-state index contributed by atoms with van der Waals surface area (Å²) in [6.45, 7) is 1.60. The molecule has 9 heteroatoms. The number of rotatable bonds is 7. The van der Waals surface area contributed by atoms with Crippen molar-refractivity contribution in [3.05, 3.63) is 56.9 Å². The molecule has 156 valence electrons. The third kappa shape index (κ3) is 5.43. The summed E-state index contributed by atoms with van der Waals surface area (Å²) in [4.78, 5) is 28.1. The van der Waals surface area contributed by atoms with E-state index in [0.29, 0.717) is 25.9 Å². The minimum absolute atomic E-state index is 0.249. The number of carbonyl (C=O) groups is 2. The maximum atomic E-state index is 12.4. The molecule has 1 amide bonds. The van der Waals surface area contributed by atoms with Gasteiger partial charge in [-0.05, 0) is 59.7 Å². The van der Waals surface area contributed by atoms with E-state index in [0.717, 1.165) is 12.1 Å². The number of hydrogen-bond acceptors (Lipinski definition) is 6. The molecule has 2 N–H and O–H groups in total. The smallest absolute Gasteiger partial charge is 0.341 e. The van der Waals surface area contributed by atoms with Crippen LogP contribution >= 0.6 is 27.7 Å². The van der Waals surface area contributed by atoms with Crippen LogP contribution < -0.4 is 14.8 Å². The number of aliphatic carboxylic acids is 1. The number of aliphatic imine (C=N–C) groups is 1. The molecule has 1 saturated heterocycles. The molecule has 0 spiro atoms. The lowest BCUT2D eigenvalue weighted by Gasteiger charge is -2.11. The van der Waals surface area contributed by atoms with Crippen molar-refractivity contribution in [1.29, 1.82) is 0 Å². The largest absolute Gasteiger partial charge is 0.493 e. The number of carbonyl (C=O) groups excluding carboxylic acids is 1. The molecular weight excluding hydrogens is 472 g/mol. The van der Waals surface area contributed by atoms with Crippen molar-refractivity contribution < 1.29 is 24.2 Å². The van der Waals surface area contributed by atoms with E-state index in [1.165, 1.54) is 24.4 Å². The fourth-order valence-electron chi connectivity index (χ4n) is 2.62. The second kappa shape index (κ2) is 9.82. The molecular formula is C21H19BrN2O5S. The number of aryl methyl sites for hydroxylation is 1. The molecule has 30 heavy (non-hydrogen) atoms. The van der Waals surface area contributed by atoms with E-state index in [-0.39, 0.29) is 11.7 Å². The first kappa shape index (κ1) is 21.9. The Bertz CT molecular complexity index is 1030. The Morgan fingerprint density at radius 2 is 2.00 bits per heavy atom. The van der Waals surface area contributed by atoms with Gasteiger partial charge in [-0.1, -0.05) is 35.0 Å². The highest BCUT2D eigenvalue weighted by molar-refractivity contribution is 9.10. The second-order valence-corrected chi connectivity index (χ2v) is 8.09. The number of carboxylic acids is 1. The quantitative estimate of drug-likeness (QED) is 0.559. The molecule has 0 radical (unpaired) electrons. The van der Waals surface area contributed by atoms with Crippen LogP contribution in [0.5, 0.6) is 11.5 Å². The van der Waals surface area contributed by atoms with Crippen molar-refractivity contribution in [3.63, 3.8) is 0 Å². The summed E-state index contributed by atoms with van der Waals surface area (Å²) in [6, 6.07) is 11.1. The van der Waals surface area contributed by atoms with Crippen LogP contribution in [0.1, 0.15) is 18.1 Å². The van der Waals surface area contributed by atoms with Crippen molar-refractivity contribution in [3.8, 4) is 11.5 Å². The van der Waals surface area contributed by atoms with Gasteiger partial charge in [-0.3, -0.25) is 4.79 Å². The van der Waals surface area contributed by atoms with Crippen LogP contribution in [0.4, 0.5) is 5.69 Å². The third-order valence-electron chi connectivity index (χ3n) is 4.15. The Balaban J connectivity index is 1.82. The first-order chi connectivity index (χ1) is 14.4. The number of benzene rings is 2. The van der Waals surface area contributed by atoms with Crippen molar-refractivity contribution in [2.75, 3.05) is 13.7 Å². The van der Waals surface area contributed by atoms with Gasteiger partial charge in [-0.2, -0.15) is 0 Å². The zero-order valence-electron chi connectivity index (χ0n) is 16.3. The molecule has 0 aromatic heterocycles. The molecule has 0 atom stereocenters. The highest BCUT2D eigenvalue weighted by Gasteiger charge is 2.24. The summed E-state index contributed by atoms with van der Waals surface area (Å²) in [5.41, 5.74) is 2.66. The molecule has 7 nitrogen and oxygen atoms in total. The van der Waals surface area contributed by atoms with Gasteiger partial charge in [-0.15, -0.1) is 0 Å². The lowest BCUT2D eigenvalue weighted by molar-refractivity contribution is -0.139. The van der Waals surface area contributed by atoms with Gasteiger partial charge >= 0.3 is 5.97 Å². The van der Waals surface area contributed by atoms with Gasteiger partial charge in [0.05, 0.1) is 17.7 Å². The van der Waals surface area contributed by atoms with Gasteiger partial charge in [0.1, 0.15) is 0 Å². The zero-order valence-corrected chi connectivity index (χ0v) is 18.7. The predicted molar refractivity (Wildman–Crippen MR) is 120 cm³/mol. The van der Waals surface area contributed by atoms with Crippen molar-refractivity contribution in [2.24, 2.45) is 4.99 Å². The summed E-state index contributed by atoms with van der Waals surface area (Å²) >= 11 is 4.67. The van der Waals surface area contributed by atoms with Gasteiger partial charge in [0, 0.05) is 4.47 Å². The van der Waals surface area contributed by atoms with E-state index in [4.69, 9.17) is 14.6 Å². The van der Waals surface area contributed by atoms with Crippen molar-refractivity contribution in [2.45, 2.75) is 13.3 Å². The number of halogens is 1. The first-order valence-electron chi connectivity index (χ1n) is 9.00. The van der Waals surface area contributed by atoms with Gasteiger partial charge in [0.25, 0.3) is 5.91 Å². The summed E-state index contributed by atoms with van der Waals surface area (Å²) in [7, 11) is 1.46. The number of carboxylic acid groups (broad SMARTS) is 1. The molecule has 2 aromatic carbocycles. The van der Waals surface area contributed by atoms with Gasteiger partial charge < -0.3 is 19.9 Å². The minimum Gasteiger partial charge on any atom is -0.493 e. The van der Waals surface area contributed by atoms with E-state index in [1.54, 1.807) is 18.2 Å². The fourth-order valence-corrected chi connectivity index (χ4v) is 3.89. The fraction of sp³-hybridized carbons (Fsp3) is 0.190. The molecule has 1 fully saturated rings. The number of amides is 1. The lowest BCUT2D eigenvalue weighted by atomic mass is 10.2. The molecule has 0 saturated carbocycles. The van der Waals surface area contributed by atoms with Crippen molar-refractivity contribution in [1.82, 2.24) is 5.32 Å². The van der Waals surface area contributed by atoms with Crippen LogP contribution in [0, 0.1) is 0 Å². The van der Waals surface area contributed by atoms with E-state index in [9.17, 15) is 9.59 Å². The first-order valence-corrected chi connectivity index (χ1v) is 10.6. The SMILES string of the molecule is CCc1ccc(N=C2NC(=O)/C(=C/c3cc(OC)c(OCC(=O)O)cc3Br)S2)cc1. The molecule has 0 aliphatic carbocycles. The van der Waals surface area contributed by atoms with Crippen LogP contribution in [-0.4, -0.2) is 35.9 Å². The third-order valence-corrected chi connectivity index (χ3v) is 5.74. The Hall–Kier alpha value is -2.78. The molecule has 2 aromatic rings. The predicted octanol–water partition coefficient (Wildman–Crippen LogP) is 4.38. The monoisotopic (exact) mass is 490 g/mol. The Morgan fingerprint density at radius 1 is 1.27 bits per heavy atom. The molecule has 0 bridgehead atoms. The minimum atomic E-state index is -1.09. The topological polar surface area (TPSA) is 97.2 Å². The summed E-state index contributed by atoms with van der Waals surface area (Å²) in [5, 5.41) is 12.1. The molecule has 0 unspecified atom stereocenters. The average Bonchev–Trinajstić information content (AvgIpc) is 3.07. The van der Waals surface area contributed by atoms with Gasteiger partial charge in [-0.25, -0.2) is 9.79 Å². The van der Waals surface area contributed by atoms with E-state index >= 15 is 0 Å². The van der Waals surface area contributed by atoms with E-state index < -0.39 is 12.6 Å². The van der Waals surface area contributed by atoms with Crippen LogP contribution in [0.15, 0.2) is 50.8 Å². The van der Waals surface area contributed by atoms with Gasteiger partial charge in [0.15, 0.2) is 23.3 Å². The average molecular weight is 491 g/mol. The number of amidine groups is 1. The van der Waals surface area contributed by atoms with Crippen LogP contribution in [0.25, 0.3) is 6.08 Å². The van der Waals surface area contributed by atoms with E-state index in [2.05, 4.69) is 33.2 Å². The standard InChI is InChI=1S/C21H19BrN2O5S/c1-3-12-4-6-14(7-5-12)23-21-24-20(27)18(30-21)9-13-8-16(28-2)17(10-15(13)22)29-11-19(25)26/h4-10H,3,11H2,1-2H3,(H,25,26)(H,23,24,27)/b18-9-. The number of nitrogens with one attached hydrogen (secondary N) is 1. The molecule has 3 rings (SSSR count). The van der Waals surface area contributed by atoms with E-state index in [1.807, 2.05) is 24.3 Å².